The molecule has 0 aromatic carbocycles. The Bertz CT molecular complexity index is 147. The van der Waals surface area contributed by atoms with Crippen LogP contribution in [0.1, 0.15) is 19.8 Å². The van der Waals surface area contributed by atoms with Gasteiger partial charge in [-0.3, -0.25) is 4.79 Å². The fourth-order valence-electron chi connectivity index (χ4n) is 1.33. The lowest BCUT2D eigenvalue weighted by atomic mass is 10.0. The van der Waals surface area contributed by atoms with E-state index in [1.54, 1.807) is 11.8 Å². The lowest BCUT2D eigenvalue weighted by Gasteiger charge is -2.05. The van der Waals surface area contributed by atoms with Crippen LogP contribution in [0.5, 0.6) is 0 Å². The number of thioether (sulfide) groups is 1. The molecule has 1 heterocycles. The third-order valence-electron chi connectivity index (χ3n) is 2.06. The molecule has 1 fully saturated rings. The van der Waals surface area contributed by atoms with Crippen molar-refractivity contribution in [2.24, 2.45) is 5.92 Å². The molecule has 0 amide bonds. The molecule has 0 aliphatic carbocycles. The summed E-state index contributed by atoms with van der Waals surface area (Å²) in [5.41, 5.74) is 0. The van der Waals surface area contributed by atoms with Crippen LogP contribution in [0.15, 0.2) is 0 Å². The molecule has 1 saturated heterocycles. The van der Waals surface area contributed by atoms with E-state index in [0.717, 1.165) is 37.6 Å². The summed E-state index contributed by atoms with van der Waals surface area (Å²) in [6.07, 6.45) is 2.05. The number of carbonyl (C=O) groups is 1. The lowest BCUT2D eigenvalue weighted by Crippen LogP contribution is -2.11. The van der Waals surface area contributed by atoms with Crippen LogP contribution in [0, 0.1) is 5.92 Å². The van der Waals surface area contributed by atoms with Gasteiger partial charge in [-0.05, 0) is 19.8 Å². The molecule has 70 valence electrons. The fourth-order valence-corrected chi connectivity index (χ4v) is 2.52. The maximum Gasteiger partial charge on any atom is 0.146 e. The van der Waals surface area contributed by atoms with E-state index < -0.39 is 0 Å². The summed E-state index contributed by atoms with van der Waals surface area (Å²) < 4.78 is 5.21. The first kappa shape index (κ1) is 10.1. The zero-order chi connectivity index (χ0) is 8.81. The van der Waals surface area contributed by atoms with Crippen LogP contribution in [0.2, 0.25) is 0 Å². The van der Waals surface area contributed by atoms with Gasteiger partial charge in [0.1, 0.15) is 5.78 Å². The SMILES string of the molecule is CCOCCCC1CSCC1=O. The van der Waals surface area contributed by atoms with Crippen molar-refractivity contribution in [2.75, 3.05) is 24.7 Å². The smallest absolute Gasteiger partial charge is 0.146 e. The Labute approximate surface area is 78.1 Å². The molecule has 1 unspecified atom stereocenters. The second kappa shape index (κ2) is 5.60. The van der Waals surface area contributed by atoms with E-state index in [0.29, 0.717) is 11.7 Å². The van der Waals surface area contributed by atoms with Gasteiger partial charge in [0, 0.05) is 24.9 Å². The predicted octanol–water partition coefficient (Wildman–Crippen LogP) is 1.74. The van der Waals surface area contributed by atoms with Crippen LogP contribution in [-0.4, -0.2) is 30.5 Å². The number of hydrogen-bond acceptors (Lipinski definition) is 3. The molecular formula is C9H16O2S. The third kappa shape index (κ3) is 3.15. The highest BCUT2D eigenvalue weighted by molar-refractivity contribution is 8.00. The van der Waals surface area contributed by atoms with Crippen molar-refractivity contribution in [3.63, 3.8) is 0 Å². The highest BCUT2D eigenvalue weighted by atomic mass is 32.2. The topological polar surface area (TPSA) is 26.3 Å². The van der Waals surface area contributed by atoms with Crippen LogP contribution >= 0.6 is 11.8 Å². The summed E-state index contributed by atoms with van der Waals surface area (Å²) in [6, 6.07) is 0. The quantitative estimate of drug-likeness (QED) is 0.615. The van der Waals surface area contributed by atoms with Gasteiger partial charge < -0.3 is 4.74 Å². The molecule has 0 bridgehead atoms. The predicted molar refractivity (Wildman–Crippen MR) is 51.5 cm³/mol. The molecule has 1 atom stereocenters. The molecular weight excluding hydrogens is 172 g/mol. The van der Waals surface area contributed by atoms with Gasteiger partial charge in [-0.25, -0.2) is 0 Å². The summed E-state index contributed by atoms with van der Waals surface area (Å²) in [4.78, 5) is 11.2. The molecule has 0 spiro atoms. The minimum Gasteiger partial charge on any atom is -0.382 e. The zero-order valence-corrected chi connectivity index (χ0v) is 8.36. The average molecular weight is 188 g/mol. The van der Waals surface area contributed by atoms with Crippen LogP contribution < -0.4 is 0 Å². The fraction of sp³-hybridized carbons (Fsp3) is 0.889. The molecule has 1 rings (SSSR count). The Morgan fingerprint density at radius 3 is 3.08 bits per heavy atom. The van der Waals surface area contributed by atoms with Crippen LogP contribution in [-0.2, 0) is 9.53 Å². The van der Waals surface area contributed by atoms with Crippen molar-refractivity contribution in [2.45, 2.75) is 19.8 Å². The lowest BCUT2D eigenvalue weighted by molar-refractivity contribution is -0.119. The number of hydrogen-bond donors (Lipinski definition) is 0. The first-order chi connectivity index (χ1) is 5.84. The summed E-state index contributed by atoms with van der Waals surface area (Å²) >= 11 is 1.76. The maximum atomic E-state index is 11.2. The molecule has 0 N–H and O–H groups in total. The Kier molecular flexibility index (Phi) is 4.69. The van der Waals surface area contributed by atoms with Crippen molar-refractivity contribution in [1.82, 2.24) is 0 Å². The summed E-state index contributed by atoms with van der Waals surface area (Å²) in [5, 5.41) is 0. The van der Waals surface area contributed by atoms with E-state index in [2.05, 4.69) is 0 Å². The molecule has 0 aromatic rings. The van der Waals surface area contributed by atoms with Crippen molar-refractivity contribution in [3.8, 4) is 0 Å². The zero-order valence-electron chi connectivity index (χ0n) is 7.54. The van der Waals surface area contributed by atoms with Crippen LogP contribution in [0.3, 0.4) is 0 Å². The largest absolute Gasteiger partial charge is 0.382 e. The third-order valence-corrected chi connectivity index (χ3v) is 3.19. The normalized spacial score (nSPS) is 23.4. The standard InChI is InChI=1S/C9H16O2S/c1-2-11-5-3-4-8-6-12-7-9(8)10/h8H,2-7H2,1H3. The average Bonchev–Trinajstić information content (AvgIpc) is 2.46. The number of rotatable bonds is 5. The number of Topliss-reactive ketones (excluding diaryl/α,β-unsaturated/α-hetero) is 1. The van der Waals surface area contributed by atoms with Crippen molar-refractivity contribution in [3.05, 3.63) is 0 Å². The van der Waals surface area contributed by atoms with Crippen LogP contribution in [0.4, 0.5) is 0 Å². The number of ketones is 1. The summed E-state index contributed by atoms with van der Waals surface area (Å²) in [7, 11) is 0. The van der Waals surface area contributed by atoms with E-state index in [-0.39, 0.29) is 0 Å². The second-order valence-electron chi connectivity index (χ2n) is 3.02. The molecule has 0 aromatic heterocycles. The monoisotopic (exact) mass is 188 g/mol. The number of ether oxygens (including phenoxy) is 1. The highest BCUT2D eigenvalue weighted by Crippen LogP contribution is 2.23. The minimum absolute atomic E-state index is 0.329. The molecule has 3 heteroatoms. The van der Waals surface area contributed by atoms with E-state index in [1.165, 1.54) is 0 Å². The van der Waals surface area contributed by atoms with Gasteiger partial charge >= 0.3 is 0 Å². The molecule has 12 heavy (non-hydrogen) atoms. The van der Waals surface area contributed by atoms with Gasteiger partial charge in [0.15, 0.2) is 0 Å². The van der Waals surface area contributed by atoms with Gasteiger partial charge in [0.25, 0.3) is 0 Å². The highest BCUT2D eigenvalue weighted by Gasteiger charge is 2.23. The van der Waals surface area contributed by atoms with Gasteiger partial charge in [0.05, 0.1) is 5.75 Å². The molecule has 0 saturated carbocycles. The molecule has 0 radical (unpaired) electrons. The van der Waals surface area contributed by atoms with Crippen molar-refractivity contribution >= 4 is 17.5 Å². The molecule has 1 aliphatic heterocycles. The van der Waals surface area contributed by atoms with Gasteiger partial charge in [-0.15, -0.1) is 0 Å². The molecule has 1 aliphatic rings. The Hall–Kier alpha value is -0.0200. The summed E-state index contributed by atoms with van der Waals surface area (Å²) in [6.45, 7) is 3.59. The number of carbonyl (C=O) groups excluding carboxylic acids is 1. The van der Waals surface area contributed by atoms with E-state index in [1.807, 2.05) is 6.92 Å². The van der Waals surface area contributed by atoms with Gasteiger partial charge in [-0.1, -0.05) is 0 Å². The van der Waals surface area contributed by atoms with E-state index in [4.69, 9.17) is 4.74 Å². The Morgan fingerprint density at radius 2 is 2.50 bits per heavy atom. The van der Waals surface area contributed by atoms with Crippen LogP contribution in [0.25, 0.3) is 0 Å². The van der Waals surface area contributed by atoms with E-state index >= 15 is 0 Å². The minimum atomic E-state index is 0.329. The summed E-state index contributed by atoms with van der Waals surface area (Å²) in [5.74, 6) is 2.54. The maximum absolute atomic E-state index is 11.2. The Morgan fingerprint density at radius 1 is 1.67 bits per heavy atom. The second-order valence-corrected chi connectivity index (χ2v) is 4.05. The van der Waals surface area contributed by atoms with Crippen molar-refractivity contribution < 1.29 is 9.53 Å². The Balaban J connectivity index is 2.02. The van der Waals surface area contributed by atoms with Crippen molar-refractivity contribution in [1.29, 1.82) is 0 Å². The van der Waals surface area contributed by atoms with Gasteiger partial charge in [0.2, 0.25) is 0 Å². The van der Waals surface area contributed by atoms with E-state index in [9.17, 15) is 4.79 Å². The molecule has 2 nitrogen and oxygen atoms in total. The first-order valence-corrected chi connectivity index (χ1v) is 5.68. The first-order valence-electron chi connectivity index (χ1n) is 4.52. The van der Waals surface area contributed by atoms with Gasteiger partial charge in [-0.2, -0.15) is 11.8 Å².